The lowest BCUT2D eigenvalue weighted by atomic mass is 10.3. The topological polar surface area (TPSA) is 52.7 Å². The molecule has 0 bridgehead atoms. The first-order valence-electron chi connectivity index (χ1n) is 5.19. The van der Waals surface area contributed by atoms with E-state index in [1.165, 1.54) is 4.68 Å². The first-order valence-corrected chi connectivity index (χ1v) is 5.98. The van der Waals surface area contributed by atoms with E-state index in [1.54, 1.807) is 11.7 Å². The summed E-state index contributed by atoms with van der Waals surface area (Å²) in [5.74, 6) is -0.217. The molecule has 6 heteroatoms. The van der Waals surface area contributed by atoms with Crippen molar-refractivity contribution in [3.8, 4) is 0 Å². The van der Waals surface area contributed by atoms with Crippen LogP contribution in [0.15, 0.2) is 10.5 Å². The van der Waals surface area contributed by atoms with Gasteiger partial charge in [0.1, 0.15) is 0 Å². The van der Waals surface area contributed by atoms with Gasteiger partial charge in [0.15, 0.2) is 5.69 Å². The Bertz CT molecular complexity index is 597. The zero-order valence-corrected chi connectivity index (χ0v) is 11.7. The largest absolute Gasteiger partial charge is 0.300 e. The molecule has 2 aromatic rings. The Morgan fingerprint density at radius 3 is 2.35 bits per heavy atom. The summed E-state index contributed by atoms with van der Waals surface area (Å²) in [6.45, 7) is 5.60. The summed E-state index contributed by atoms with van der Waals surface area (Å²) >= 11 is 3.38. The Morgan fingerprint density at radius 2 is 1.94 bits per heavy atom. The summed E-state index contributed by atoms with van der Waals surface area (Å²) in [6, 6.07) is 1.86. The number of carbonyl (C=O) groups excluding carboxylic acids is 1. The van der Waals surface area contributed by atoms with E-state index in [-0.39, 0.29) is 5.91 Å². The van der Waals surface area contributed by atoms with Crippen molar-refractivity contribution in [3.05, 3.63) is 33.3 Å². The van der Waals surface area contributed by atoms with E-state index >= 15 is 0 Å². The number of hydrogen-bond acceptors (Lipinski definition) is 3. The molecular formula is C11H13BrN4O. The van der Waals surface area contributed by atoms with E-state index in [1.807, 2.05) is 26.8 Å². The molecule has 90 valence electrons. The molecule has 0 atom stereocenters. The summed E-state index contributed by atoms with van der Waals surface area (Å²) in [5, 5.41) is 8.36. The van der Waals surface area contributed by atoms with Crippen molar-refractivity contribution in [1.82, 2.24) is 19.6 Å². The molecule has 0 amide bonds. The third-order valence-electron chi connectivity index (χ3n) is 2.67. The number of aryl methyl sites for hydroxylation is 3. The van der Waals surface area contributed by atoms with Crippen molar-refractivity contribution >= 4 is 21.8 Å². The molecule has 0 N–H and O–H groups in total. The lowest BCUT2D eigenvalue weighted by Gasteiger charge is -2.00. The fourth-order valence-electron chi connectivity index (χ4n) is 1.65. The van der Waals surface area contributed by atoms with Crippen LogP contribution in [0.4, 0.5) is 0 Å². The molecule has 0 spiro atoms. The number of nitrogens with zero attached hydrogens (tertiary/aromatic N) is 4. The van der Waals surface area contributed by atoms with Crippen LogP contribution >= 0.6 is 15.9 Å². The number of halogens is 1. The highest BCUT2D eigenvalue weighted by molar-refractivity contribution is 9.10. The van der Waals surface area contributed by atoms with Gasteiger partial charge in [-0.2, -0.15) is 14.9 Å². The Kier molecular flexibility index (Phi) is 2.91. The molecule has 0 fully saturated rings. The zero-order chi connectivity index (χ0) is 12.7. The molecule has 0 aliphatic rings. The van der Waals surface area contributed by atoms with Crippen molar-refractivity contribution in [1.29, 1.82) is 0 Å². The number of carbonyl (C=O) groups is 1. The molecule has 17 heavy (non-hydrogen) atoms. The SMILES string of the molecule is Cc1cc(C)n(C(=O)c2nn(C)c(C)c2Br)n1. The minimum atomic E-state index is -0.217. The predicted octanol–water partition coefficient (Wildman–Crippen LogP) is 1.99. The molecule has 0 aliphatic carbocycles. The van der Waals surface area contributed by atoms with E-state index in [0.717, 1.165) is 21.6 Å². The fraction of sp³-hybridized carbons (Fsp3) is 0.364. The predicted molar refractivity (Wildman–Crippen MR) is 67.1 cm³/mol. The van der Waals surface area contributed by atoms with Crippen LogP contribution in [0.5, 0.6) is 0 Å². The standard InChI is InChI=1S/C11H13BrN4O/c1-6-5-7(2)16(13-6)11(17)10-9(12)8(3)15(4)14-10/h5H,1-4H3. The van der Waals surface area contributed by atoms with Crippen molar-refractivity contribution in [2.75, 3.05) is 0 Å². The van der Waals surface area contributed by atoms with Gasteiger partial charge >= 0.3 is 0 Å². The van der Waals surface area contributed by atoms with Crippen LogP contribution < -0.4 is 0 Å². The normalized spacial score (nSPS) is 10.9. The molecule has 0 saturated carbocycles. The van der Waals surface area contributed by atoms with Crippen molar-refractivity contribution in [3.63, 3.8) is 0 Å². The first kappa shape index (κ1) is 12.0. The second kappa shape index (κ2) is 4.10. The molecule has 0 aromatic carbocycles. The van der Waals surface area contributed by atoms with E-state index < -0.39 is 0 Å². The van der Waals surface area contributed by atoms with Crippen LogP contribution in [-0.2, 0) is 7.05 Å². The molecule has 5 nitrogen and oxygen atoms in total. The van der Waals surface area contributed by atoms with Crippen LogP contribution in [0.2, 0.25) is 0 Å². The van der Waals surface area contributed by atoms with Crippen molar-refractivity contribution < 1.29 is 4.79 Å². The molecule has 0 saturated heterocycles. The minimum Gasteiger partial charge on any atom is -0.271 e. The van der Waals surface area contributed by atoms with E-state index in [4.69, 9.17) is 0 Å². The van der Waals surface area contributed by atoms with Gasteiger partial charge in [-0.15, -0.1) is 0 Å². The first-order chi connectivity index (χ1) is 7.91. The Labute approximate surface area is 108 Å². The average Bonchev–Trinajstić information content (AvgIpc) is 2.72. The maximum atomic E-state index is 12.3. The summed E-state index contributed by atoms with van der Waals surface area (Å²) in [5.41, 5.74) is 2.92. The summed E-state index contributed by atoms with van der Waals surface area (Å²) in [6.07, 6.45) is 0. The maximum Gasteiger partial charge on any atom is 0.300 e. The van der Waals surface area contributed by atoms with Crippen LogP contribution in [0.3, 0.4) is 0 Å². The number of aromatic nitrogens is 4. The summed E-state index contributed by atoms with van der Waals surface area (Å²) in [7, 11) is 1.80. The van der Waals surface area contributed by atoms with Gasteiger partial charge < -0.3 is 0 Å². The van der Waals surface area contributed by atoms with Gasteiger partial charge in [-0.1, -0.05) is 0 Å². The molecule has 2 heterocycles. The van der Waals surface area contributed by atoms with Crippen LogP contribution in [0, 0.1) is 20.8 Å². The smallest absolute Gasteiger partial charge is 0.271 e. The second-order valence-electron chi connectivity index (χ2n) is 4.02. The molecule has 2 rings (SSSR count). The van der Waals surface area contributed by atoms with Gasteiger partial charge in [0.25, 0.3) is 5.91 Å². The van der Waals surface area contributed by atoms with Crippen LogP contribution in [0.1, 0.15) is 27.6 Å². The lowest BCUT2D eigenvalue weighted by Crippen LogP contribution is -2.16. The van der Waals surface area contributed by atoms with E-state index in [9.17, 15) is 4.79 Å². The van der Waals surface area contributed by atoms with Gasteiger partial charge in [0.2, 0.25) is 0 Å². The Hall–Kier alpha value is -1.43. The van der Waals surface area contributed by atoms with Crippen molar-refractivity contribution in [2.24, 2.45) is 7.05 Å². The van der Waals surface area contributed by atoms with Gasteiger partial charge in [-0.25, -0.2) is 0 Å². The van der Waals surface area contributed by atoms with Gasteiger partial charge in [-0.05, 0) is 42.8 Å². The molecule has 0 unspecified atom stereocenters. The second-order valence-corrected chi connectivity index (χ2v) is 4.81. The fourth-order valence-corrected chi connectivity index (χ4v) is 2.16. The molecule has 0 radical (unpaired) electrons. The number of rotatable bonds is 1. The zero-order valence-electron chi connectivity index (χ0n) is 10.2. The van der Waals surface area contributed by atoms with E-state index in [0.29, 0.717) is 5.69 Å². The third kappa shape index (κ3) is 1.93. The summed E-state index contributed by atoms with van der Waals surface area (Å²) in [4.78, 5) is 12.3. The highest BCUT2D eigenvalue weighted by Crippen LogP contribution is 2.21. The molecule has 0 aliphatic heterocycles. The molecular weight excluding hydrogens is 284 g/mol. The quantitative estimate of drug-likeness (QED) is 0.809. The van der Waals surface area contributed by atoms with Gasteiger partial charge in [0.05, 0.1) is 15.9 Å². The monoisotopic (exact) mass is 296 g/mol. The number of hydrogen-bond donors (Lipinski definition) is 0. The highest BCUT2D eigenvalue weighted by Gasteiger charge is 2.21. The molecule has 2 aromatic heterocycles. The maximum absolute atomic E-state index is 12.3. The van der Waals surface area contributed by atoms with Crippen LogP contribution in [0.25, 0.3) is 0 Å². The summed E-state index contributed by atoms with van der Waals surface area (Å²) < 4.78 is 3.77. The highest BCUT2D eigenvalue weighted by atomic mass is 79.9. The van der Waals surface area contributed by atoms with Gasteiger partial charge in [0, 0.05) is 12.7 Å². The average molecular weight is 297 g/mol. The van der Waals surface area contributed by atoms with Crippen molar-refractivity contribution in [2.45, 2.75) is 20.8 Å². The third-order valence-corrected chi connectivity index (χ3v) is 3.61. The Morgan fingerprint density at radius 1 is 1.29 bits per heavy atom. The van der Waals surface area contributed by atoms with Gasteiger partial charge in [-0.3, -0.25) is 9.48 Å². The van der Waals surface area contributed by atoms with E-state index in [2.05, 4.69) is 26.1 Å². The minimum absolute atomic E-state index is 0.217. The Balaban J connectivity index is 2.51. The van der Waals surface area contributed by atoms with Crippen LogP contribution in [-0.4, -0.2) is 25.5 Å². The lowest BCUT2D eigenvalue weighted by molar-refractivity contribution is 0.0936.